The quantitative estimate of drug-likeness (QED) is 0.874. The van der Waals surface area contributed by atoms with Crippen molar-refractivity contribution in [3.63, 3.8) is 0 Å². The summed E-state index contributed by atoms with van der Waals surface area (Å²) in [5.74, 6) is 0.452. The number of rotatable bonds is 5. The van der Waals surface area contributed by atoms with E-state index in [2.05, 4.69) is 38.2 Å². The Kier molecular flexibility index (Phi) is 5.30. The van der Waals surface area contributed by atoms with Crippen LogP contribution in [0.4, 0.5) is 0 Å². The highest BCUT2D eigenvalue weighted by atomic mass is 16.1. The number of benzene rings is 1. The molecule has 1 aromatic carbocycles. The Morgan fingerprint density at radius 2 is 1.58 bits per heavy atom. The molecule has 0 aliphatic heterocycles. The third-order valence-electron chi connectivity index (χ3n) is 3.36. The fraction of sp³-hybridized carbons (Fsp3) is 0.588. The van der Waals surface area contributed by atoms with Crippen LogP contribution in [0.3, 0.4) is 0 Å². The summed E-state index contributed by atoms with van der Waals surface area (Å²) in [5, 5.41) is 3.43. The maximum atomic E-state index is 12.7. The van der Waals surface area contributed by atoms with Gasteiger partial charge in [-0.15, -0.1) is 0 Å². The lowest BCUT2D eigenvalue weighted by Crippen LogP contribution is -2.48. The van der Waals surface area contributed by atoms with Crippen LogP contribution in [0.1, 0.15) is 53.0 Å². The van der Waals surface area contributed by atoms with Crippen LogP contribution in [0.5, 0.6) is 0 Å². The zero-order valence-electron chi connectivity index (χ0n) is 13.0. The molecule has 0 radical (unpaired) electrons. The van der Waals surface area contributed by atoms with Gasteiger partial charge < -0.3 is 5.32 Å². The van der Waals surface area contributed by atoms with Crippen molar-refractivity contribution in [2.24, 2.45) is 5.41 Å². The summed E-state index contributed by atoms with van der Waals surface area (Å²) in [6, 6.07) is 10.4. The fourth-order valence-electron chi connectivity index (χ4n) is 2.22. The van der Waals surface area contributed by atoms with Gasteiger partial charge in [0.05, 0.1) is 6.04 Å². The van der Waals surface area contributed by atoms with Crippen molar-refractivity contribution in [3.8, 4) is 0 Å². The van der Waals surface area contributed by atoms with Crippen LogP contribution < -0.4 is 5.32 Å². The van der Waals surface area contributed by atoms with E-state index < -0.39 is 0 Å². The normalized spacial score (nSPS) is 15.3. The Morgan fingerprint density at radius 1 is 1.05 bits per heavy atom. The predicted molar refractivity (Wildman–Crippen MR) is 81.4 cm³/mol. The summed E-state index contributed by atoms with van der Waals surface area (Å²) in [4.78, 5) is 12.7. The molecule has 1 rings (SSSR count). The van der Waals surface area contributed by atoms with Crippen LogP contribution in [0.2, 0.25) is 0 Å². The monoisotopic (exact) mass is 261 g/mol. The highest BCUT2D eigenvalue weighted by Gasteiger charge is 2.33. The van der Waals surface area contributed by atoms with Crippen molar-refractivity contribution in [1.82, 2.24) is 5.32 Å². The predicted octanol–water partition coefficient (Wildman–Crippen LogP) is 3.77. The van der Waals surface area contributed by atoms with Gasteiger partial charge >= 0.3 is 0 Å². The first-order chi connectivity index (χ1) is 8.73. The molecule has 0 unspecified atom stereocenters. The lowest BCUT2D eigenvalue weighted by molar-refractivity contribution is -0.129. The second kappa shape index (κ2) is 6.33. The zero-order chi connectivity index (χ0) is 14.6. The van der Waals surface area contributed by atoms with E-state index in [0.717, 1.165) is 0 Å². The molecule has 0 amide bonds. The van der Waals surface area contributed by atoms with Crippen molar-refractivity contribution < 1.29 is 4.79 Å². The van der Waals surface area contributed by atoms with Crippen LogP contribution >= 0.6 is 0 Å². The molecule has 106 valence electrons. The first-order valence-corrected chi connectivity index (χ1v) is 7.08. The molecule has 0 saturated carbocycles. The second-order valence-corrected chi connectivity index (χ2v) is 6.61. The van der Waals surface area contributed by atoms with Crippen LogP contribution in [0.15, 0.2) is 30.3 Å². The molecule has 2 heteroatoms. The van der Waals surface area contributed by atoms with E-state index in [-0.39, 0.29) is 23.2 Å². The molecule has 19 heavy (non-hydrogen) atoms. The first kappa shape index (κ1) is 15.9. The van der Waals surface area contributed by atoms with Gasteiger partial charge in [-0.1, -0.05) is 71.9 Å². The van der Waals surface area contributed by atoms with E-state index >= 15 is 0 Å². The highest BCUT2D eigenvalue weighted by Crippen LogP contribution is 2.26. The Hall–Kier alpha value is -1.15. The molecule has 0 saturated heterocycles. The van der Waals surface area contributed by atoms with Gasteiger partial charge in [0.15, 0.2) is 5.78 Å². The summed E-state index contributed by atoms with van der Waals surface area (Å²) < 4.78 is 0. The number of carbonyl (C=O) groups excluding carboxylic acids is 1. The molecule has 0 spiro atoms. The molecule has 2 atom stereocenters. The third kappa shape index (κ3) is 4.46. The highest BCUT2D eigenvalue weighted by molar-refractivity contribution is 5.89. The van der Waals surface area contributed by atoms with Gasteiger partial charge in [0, 0.05) is 17.4 Å². The van der Waals surface area contributed by atoms with E-state index in [4.69, 9.17) is 0 Å². The maximum absolute atomic E-state index is 12.7. The Labute approximate surface area is 117 Å². The number of ketones is 1. The molecule has 2 nitrogen and oxygen atoms in total. The van der Waals surface area contributed by atoms with Gasteiger partial charge in [0.1, 0.15) is 0 Å². The number of hydrogen-bond donors (Lipinski definition) is 1. The lowest BCUT2D eigenvalue weighted by atomic mass is 9.79. The molecule has 0 aromatic heterocycles. The van der Waals surface area contributed by atoms with Gasteiger partial charge in [-0.25, -0.2) is 0 Å². The van der Waals surface area contributed by atoms with Gasteiger partial charge in [0.2, 0.25) is 0 Å². The molecule has 0 aliphatic rings. The van der Waals surface area contributed by atoms with E-state index in [1.807, 2.05) is 39.0 Å². The second-order valence-electron chi connectivity index (χ2n) is 6.61. The van der Waals surface area contributed by atoms with E-state index in [1.54, 1.807) is 0 Å². The van der Waals surface area contributed by atoms with E-state index in [9.17, 15) is 4.79 Å². The summed E-state index contributed by atoms with van der Waals surface area (Å²) >= 11 is 0. The fourth-order valence-corrected chi connectivity index (χ4v) is 2.22. The van der Waals surface area contributed by atoms with Crippen molar-refractivity contribution in [2.45, 2.75) is 59.5 Å². The number of Topliss-reactive ketones (excluding diaryl/α,β-unsaturated/α-hetero) is 1. The summed E-state index contributed by atoms with van der Waals surface area (Å²) in [6.07, 6.45) is 0. The standard InChI is InChI=1S/C17H27NO/c1-12(2)18-15(16(19)17(4,5)6)13(3)14-10-8-7-9-11-14/h7-13,15,18H,1-6H3/t13-,15-/m0/s1. The Bertz CT molecular complexity index is 403. The Balaban J connectivity index is 3.01. The van der Waals surface area contributed by atoms with Crippen LogP contribution in [-0.4, -0.2) is 17.9 Å². The molecule has 0 aliphatic carbocycles. The minimum absolute atomic E-state index is 0.137. The van der Waals surface area contributed by atoms with Crippen LogP contribution in [-0.2, 0) is 4.79 Å². The van der Waals surface area contributed by atoms with Gasteiger partial charge in [-0.2, -0.15) is 0 Å². The van der Waals surface area contributed by atoms with Gasteiger partial charge in [0.25, 0.3) is 0 Å². The molecular weight excluding hydrogens is 234 g/mol. The SMILES string of the molecule is CC(C)N[C@H](C(=O)C(C)(C)C)[C@@H](C)c1ccccc1. The number of carbonyl (C=O) groups is 1. The van der Waals surface area contributed by atoms with Gasteiger partial charge in [-0.3, -0.25) is 4.79 Å². The summed E-state index contributed by atoms with van der Waals surface area (Å²) in [5.41, 5.74) is 0.883. The zero-order valence-corrected chi connectivity index (χ0v) is 13.0. The Morgan fingerprint density at radius 3 is 2.00 bits per heavy atom. The molecule has 0 fully saturated rings. The summed E-state index contributed by atoms with van der Waals surface area (Å²) in [7, 11) is 0. The van der Waals surface area contributed by atoms with Crippen molar-refractivity contribution >= 4 is 5.78 Å². The van der Waals surface area contributed by atoms with Crippen molar-refractivity contribution in [3.05, 3.63) is 35.9 Å². The maximum Gasteiger partial charge on any atom is 0.155 e. The third-order valence-corrected chi connectivity index (χ3v) is 3.36. The van der Waals surface area contributed by atoms with E-state index in [0.29, 0.717) is 6.04 Å². The van der Waals surface area contributed by atoms with Crippen LogP contribution in [0.25, 0.3) is 0 Å². The van der Waals surface area contributed by atoms with Crippen molar-refractivity contribution in [1.29, 1.82) is 0 Å². The molecule has 0 bridgehead atoms. The largest absolute Gasteiger partial charge is 0.305 e. The van der Waals surface area contributed by atoms with E-state index in [1.165, 1.54) is 5.56 Å². The summed E-state index contributed by atoms with van der Waals surface area (Å²) in [6.45, 7) is 12.3. The molecular formula is C17H27NO. The van der Waals surface area contributed by atoms with Crippen molar-refractivity contribution in [2.75, 3.05) is 0 Å². The van der Waals surface area contributed by atoms with Gasteiger partial charge in [-0.05, 0) is 5.56 Å². The average molecular weight is 261 g/mol. The average Bonchev–Trinajstić information content (AvgIpc) is 2.34. The number of hydrogen-bond acceptors (Lipinski definition) is 2. The smallest absolute Gasteiger partial charge is 0.155 e. The lowest BCUT2D eigenvalue weighted by Gasteiger charge is -2.31. The molecule has 1 aromatic rings. The topological polar surface area (TPSA) is 29.1 Å². The minimum atomic E-state index is -0.324. The number of nitrogens with one attached hydrogen (secondary N) is 1. The molecule has 0 heterocycles. The minimum Gasteiger partial charge on any atom is -0.305 e. The molecule has 1 N–H and O–H groups in total. The first-order valence-electron chi connectivity index (χ1n) is 7.08. The van der Waals surface area contributed by atoms with Crippen LogP contribution in [0, 0.1) is 5.41 Å².